The lowest BCUT2D eigenvalue weighted by Gasteiger charge is -2.41. The van der Waals surface area contributed by atoms with Crippen LogP contribution in [0.1, 0.15) is 29.8 Å². The monoisotopic (exact) mass is 326 g/mol. The fourth-order valence-corrected chi connectivity index (χ4v) is 3.42. The maximum Gasteiger partial charge on any atom is 0.273 e. The van der Waals surface area contributed by atoms with E-state index in [1.165, 1.54) is 23.7 Å². The summed E-state index contributed by atoms with van der Waals surface area (Å²) in [4.78, 5) is 17.0. The van der Waals surface area contributed by atoms with E-state index in [0.717, 1.165) is 19.0 Å². The number of aromatic nitrogens is 2. The molecule has 2 fully saturated rings. The average Bonchev–Trinajstić information content (AvgIpc) is 3.25. The van der Waals surface area contributed by atoms with E-state index in [0.29, 0.717) is 30.2 Å². The minimum absolute atomic E-state index is 0.0704. The third-order valence-corrected chi connectivity index (χ3v) is 4.92. The van der Waals surface area contributed by atoms with Gasteiger partial charge in [0.05, 0.1) is 11.2 Å². The van der Waals surface area contributed by atoms with E-state index in [1.54, 1.807) is 7.05 Å². The third kappa shape index (κ3) is 3.29. The molecule has 1 aliphatic carbocycles. The standard InChI is InChI=1S/C15H23ClN4O2/c1-18-14(13(16)8-17-18)15(22)20-6-5-19(9-11-2-3-11)12(10-20)4-7-21/h8,11-12,21H,2-7,9-10H2,1H3. The van der Waals surface area contributed by atoms with Crippen LogP contribution in [0.25, 0.3) is 0 Å². The fraction of sp³-hybridized carbons (Fsp3) is 0.733. The summed E-state index contributed by atoms with van der Waals surface area (Å²) in [6, 6.07) is 0.232. The Hall–Kier alpha value is -1.11. The molecule has 0 bridgehead atoms. The molecule has 0 aromatic carbocycles. The quantitative estimate of drug-likeness (QED) is 0.876. The zero-order valence-electron chi connectivity index (χ0n) is 12.9. The second-order valence-electron chi connectivity index (χ2n) is 6.32. The van der Waals surface area contributed by atoms with Crippen molar-refractivity contribution < 1.29 is 9.90 Å². The van der Waals surface area contributed by atoms with Crippen LogP contribution in [0.2, 0.25) is 5.02 Å². The van der Waals surface area contributed by atoms with Crippen molar-refractivity contribution in [2.45, 2.75) is 25.3 Å². The molecule has 0 radical (unpaired) electrons. The Labute approximate surface area is 135 Å². The Morgan fingerprint density at radius 3 is 2.82 bits per heavy atom. The van der Waals surface area contributed by atoms with E-state index in [1.807, 2.05) is 4.90 Å². The highest BCUT2D eigenvalue weighted by atomic mass is 35.5. The highest BCUT2D eigenvalue weighted by molar-refractivity contribution is 6.33. The lowest BCUT2D eigenvalue weighted by atomic mass is 10.1. The first-order valence-corrected chi connectivity index (χ1v) is 8.29. The number of hydrogen-bond acceptors (Lipinski definition) is 4. The molecule has 122 valence electrons. The minimum atomic E-state index is -0.0704. The number of halogens is 1. The van der Waals surface area contributed by atoms with Crippen LogP contribution < -0.4 is 0 Å². The minimum Gasteiger partial charge on any atom is -0.396 e. The van der Waals surface area contributed by atoms with Gasteiger partial charge in [0.1, 0.15) is 5.69 Å². The second kappa shape index (κ2) is 6.56. The summed E-state index contributed by atoms with van der Waals surface area (Å²) in [5.41, 5.74) is 0.444. The molecule has 22 heavy (non-hydrogen) atoms. The van der Waals surface area contributed by atoms with Crippen LogP contribution in [-0.4, -0.2) is 69.4 Å². The zero-order chi connectivity index (χ0) is 15.7. The molecule has 1 aromatic heterocycles. The molecule has 1 saturated heterocycles. The van der Waals surface area contributed by atoms with Crippen molar-refractivity contribution in [2.75, 3.05) is 32.8 Å². The van der Waals surface area contributed by atoms with Crippen molar-refractivity contribution in [2.24, 2.45) is 13.0 Å². The molecule has 7 heteroatoms. The second-order valence-corrected chi connectivity index (χ2v) is 6.73. The molecule has 0 spiro atoms. The molecule has 1 aromatic rings. The lowest BCUT2D eigenvalue weighted by molar-refractivity contribution is 0.0399. The third-order valence-electron chi connectivity index (χ3n) is 4.64. The van der Waals surface area contributed by atoms with Gasteiger partial charge in [-0.15, -0.1) is 0 Å². The Balaban J connectivity index is 1.69. The van der Waals surface area contributed by atoms with Gasteiger partial charge >= 0.3 is 0 Å². The first kappa shape index (κ1) is 15.8. The molecule has 6 nitrogen and oxygen atoms in total. The predicted octanol–water partition coefficient (Wildman–Crippen LogP) is 0.992. The highest BCUT2D eigenvalue weighted by Crippen LogP contribution is 2.31. The Morgan fingerprint density at radius 1 is 1.45 bits per heavy atom. The number of carbonyl (C=O) groups is 1. The number of carbonyl (C=O) groups excluding carboxylic acids is 1. The topological polar surface area (TPSA) is 61.6 Å². The highest BCUT2D eigenvalue weighted by Gasteiger charge is 2.34. The molecule has 1 atom stereocenters. The number of rotatable bonds is 5. The molecule has 1 saturated carbocycles. The van der Waals surface area contributed by atoms with Crippen LogP contribution in [0.5, 0.6) is 0 Å². The Morgan fingerprint density at radius 2 is 2.23 bits per heavy atom. The predicted molar refractivity (Wildman–Crippen MR) is 83.9 cm³/mol. The number of aliphatic hydroxyl groups is 1. The Kier molecular flexibility index (Phi) is 4.70. The molecule has 1 unspecified atom stereocenters. The summed E-state index contributed by atoms with van der Waals surface area (Å²) >= 11 is 6.08. The summed E-state index contributed by atoms with van der Waals surface area (Å²) in [6.07, 6.45) is 4.84. The van der Waals surface area contributed by atoms with Gasteiger partial charge in [0.25, 0.3) is 5.91 Å². The van der Waals surface area contributed by atoms with Gasteiger partial charge in [0.15, 0.2) is 0 Å². The number of amides is 1. The summed E-state index contributed by atoms with van der Waals surface area (Å²) < 4.78 is 1.53. The molecule has 1 amide bonds. The van der Waals surface area contributed by atoms with Gasteiger partial charge in [0.2, 0.25) is 0 Å². The van der Waals surface area contributed by atoms with E-state index < -0.39 is 0 Å². The Bertz CT molecular complexity index is 524. The van der Waals surface area contributed by atoms with Crippen LogP contribution in [-0.2, 0) is 7.05 Å². The molecule has 3 rings (SSSR count). The number of aryl methyl sites for hydroxylation is 1. The number of hydrogen-bond donors (Lipinski definition) is 1. The van der Waals surface area contributed by atoms with Gasteiger partial charge in [-0.2, -0.15) is 5.10 Å². The van der Waals surface area contributed by atoms with Crippen molar-refractivity contribution >= 4 is 17.5 Å². The van der Waals surface area contributed by atoms with Crippen molar-refractivity contribution in [3.63, 3.8) is 0 Å². The van der Waals surface area contributed by atoms with E-state index in [4.69, 9.17) is 11.6 Å². The van der Waals surface area contributed by atoms with Gasteiger partial charge < -0.3 is 10.0 Å². The lowest BCUT2D eigenvalue weighted by Crippen LogP contribution is -2.55. The van der Waals surface area contributed by atoms with Gasteiger partial charge in [-0.05, 0) is 25.2 Å². The summed E-state index contributed by atoms with van der Waals surface area (Å²) in [5.74, 6) is 0.744. The average molecular weight is 327 g/mol. The number of piperazine rings is 1. The number of aliphatic hydroxyl groups excluding tert-OH is 1. The van der Waals surface area contributed by atoms with Crippen molar-refractivity contribution in [3.8, 4) is 0 Å². The van der Waals surface area contributed by atoms with Gasteiger partial charge in [-0.1, -0.05) is 11.6 Å². The van der Waals surface area contributed by atoms with Crippen LogP contribution in [0.4, 0.5) is 0 Å². The van der Waals surface area contributed by atoms with Crippen molar-refractivity contribution in [1.29, 1.82) is 0 Å². The largest absolute Gasteiger partial charge is 0.396 e. The van der Waals surface area contributed by atoms with Gasteiger partial charge in [-0.25, -0.2) is 0 Å². The van der Waals surface area contributed by atoms with Crippen LogP contribution >= 0.6 is 11.6 Å². The number of nitrogens with zero attached hydrogens (tertiary/aromatic N) is 4. The molecular weight excluding hydrogens is 304 g/mol. The van der Waals surface area contributed by atoms with E-state index >= 15 is 0 Å². The van der Waals surface area contributed by atoms with Crippen molar-refractivity contribution in [3.05, 3.63) is 16.9 Å². The van der Waals surface area contributed by atoms with Gasteiger partial charge in [0, 0.05) is 45.9 Å². The molecule has 2 aliphatic rings. The first-order valence-electron chi connectivity index (χ1n) is 7.91. The summed E-state index contributed by atoms with van der Waals surface area (Å²) in [5, 5.41) is 13.7. The first-order chi connectivity index (χ1) is 10.6. The summed E-state index contributed by atoms with van der Waals surface area (Å²) in [6.45, 7) is 3.46. The zero-order valence-corrected chi connectivity index (χ0v) is 13.7. The molecule has 2 heterocycles. The van der Waals surface area contributed by atoms with Gasteiger partial charge in [-0.3, -0.25) is 14.4 Å². The fourth-order valence-electron chi connectivity index (χ4n) is 3.17. The van der Waals surface area contributed by atoms with Crippen LogP contribution in [0.3, 0.4) is 0 Å². The molecular formula is C15H23ClN4O2. The maximum atomic E-state index is 12.7. The van der Waals surface area contributed by atoms with Crippen molar-refractivity contribution in [1.82, 2.24) is 19.6 Å². The van der Waals surface area contributed by atoms with E-state index in [-0.39, 0.29) is 18.6 Å². The van der Waals surface area contributed by atoms with E-state index in [2.05, 4.69) is 10.00 Å². The smallest absolute Gasteiger partial charge is 0.273 e. The summed E-state index contributed by atoms with van der Waals surface area (Å²) in [7, 11) is 1.73. The van der Waals surface area contributed by atoms with E-state index in [9.17, 15) is 9.90 Å². The molecule has 1 aliphatic heterocycles. The maximum absolute atomic E-state index is 12.7. The van der Waals surface area contributed by atoms with Crippen LogP contribution in [0.15, 0.2) is 6.20 Å². The van der Waals surface area contributed by atoms with Crippen LogP contribution in [0, 0.1) is 5.92 Å². The SMILES string of the molecule is Cn1ncc(Cl)c1C(=O)N1CCN(CC2CC2)C(CCO)C1. The normalized spacial score (nSPS) is 23.0. The molecule has 1 N–H and O–H groups in total.